The summed E-state index contributed by atoms with van der Waals surface area (Å²) in [5, 5.41) is 0. The Morgan fingerprint density at radius 2 is 1.41 bits per heavy atom. The van der Waals surface area contributed by atoms with E-state index in [4.69, 9.17) is 9.31 Å². The lowest BCUT2D eigenvalue weighted by molar-refractivity contribution is -0.118. The number of benzene rings is 2. The van der Waals surface area contributed by atoms with E-state index in [9.17, 15) is 4.79 Å². The maximum absolute atomic E-state index is 13.0. The van der Waals surface area contributed by atoms with E-state index in [0.717, 1.165) is 11.3 Å². The van der Waals surface area contributed by atoms with Crippen molar-refractivity contribution in [3.05, 3.63) is 66.2 Å². The zero-order chi connectivity index (χ0) is 19.7. The summed E-state index contributed by atoms with van der Waals surface area (Å²) in [5.74, 6) is -0.143. The second-order valence-corrected chi connectivity index (χ2v) is 8.13. The average molecular weight is 365 g/mol. The molecule has 1 aliphatic rings. The summed E-state index contributed by atoms with van der Waals surface area (Å²) in [6, 6.07) is 19.7. The van der Waals surface area contributed by atoms with Crippen molar-refractivity contribution in [2.45, 2.75) is 51.1 Å². The predicted molar refractivity (Wildman–Crippen MR) is 110 cm³/mol. The standard InChI is InChI=1S/C22H28BNO3/c1-21(2)22(3,4)27-23(26-21)19(17-12-8-6-9-13-17)16-20(25)24(5)18-14-10-7-11-15-18/h6-15,19H,16H2,1-5H3/t19-/m0/s1. The first-order chi connectivity index (χ1) is 12.7. The summed E-state index contributed by atoms with van der Waals surface area (Å²) in [5.41, 5.74) is 1.06. The van der Waals surface area contributed by atoms with Crippen LogP contribution in [-0.2, 0) is 14.1 Å². The first kappa shape index (κ1) is 19.7. The molecule has 2 aromatic carbocycles. The lowest BCUT2D eigenvalue weighted by Gasteiger charge is -2.32. The molecule has 0 saturated carbocycles. The Hall–Kier alpha value is -2.11. The molecule has 1 aliphatic heterocycles. The third-order valence-corrected chi connectivity index (χ3v) is 5.74. The number of amides is 1. The molecule has 0 bridgehead atoms. The number of anilines is 1. The number of carbonyl (C=O) groups excluding carboxylic acids is 1. The van der Waals surface area contributed by atoms with Crippen LogP contribution in [0.4, 0.5) is 5.69 Å². The topological polar surface area (TPSA) is 38.8 Å². The fraction of sp³-hybridized carbons (Fsp3) is 0.409. The van der Waals surface area contributed by atoms with E-state index in [1.165, 1.54) is 0 Å². The highest BCUT2D eigenvalue weighted by Gasteiger charge is 2.54. The average Bonchev–Trinajstić information content (AvgIpc) is 2.87. The van der Waals surface area contributed by atoms with Crippen LogP contribution in [0.2, 0.25) is 0 Å². The Balaban J connectivity index is 1.85. The molecule has 1 fully saturated rings. The molecular weight excluding hydrogens is 337 g/mol. The molecule has 3 rings (SSSR count). The monoisotopic (exact) mass is 365 g/mol. The van der Waals surface area contributed by atoms with Gasteiger partial charge in [0.1, 0.15) is 0 Å². The molecular formula is C22H28BNO3. The van der Waals surface area contributed by atoms with E-state index < -0.39 is 18.3 Å². The molecule has 5 heteroatoms. The van der Waals surface area contributed by atoms with Crippen LogP contribution in [0, 0.1) is 0 Å². The van der Waals surface area contributed by atoms with Crippen LogP contribution < -0.4 is 4.90 Å². The van der Waals surface area contributed by atoms with Crippen molar-refractivity contribution < 1.29 is 14.1 Å². The molecule has 1 atom stereocenters. The number of rotatable bonds is 5. The van der Waals surface area contributed by atoms with Gasteiger partial charge >= 0.3 is 7.12 Å². The summed E-state index contributed by atoms with van der Waals surface area (Å²) in [4.78, 5) is 14.7. The van der Waals surface area contributed by atoms with Crippen LogP contribution in [0.1, 0.15) is 45.5 Å². The number of carbonyl (C=O) groups is 1. The molecule has 0 radical (unpaired) electrons. The fourth-order valence-corrected chi connectivity index (χ4v) is 3.25. The van der Waals surface area contributed by atoms with Crippen LogP contribution >= 0.6 is 0 Å². The molecule has 0 spiro atoms. The van der Waals surface area contributed by atoms with Crippen molar-refractivity contribution >= 4 is 18.7 Å². The second-order valence-electron chi connectivity index (χ2n) is 8.13. The smallest absolute Gasteiger partial charge is 0.403 e. The van der Waals surface area contributed by atoms with Crippen LogP contribution in [0.5, 0.6) is 0 Å². The van der Waals surface area contributed by atoms with Gasteiger partial charge in [0.2, 0.25) is 5.91 Å². The minimum atomic E-state index is -0.467. The van der Waals surface area contributed by atoms with Crippen molar-refractivity contribution in [2.75, 3.05) is 11.9 Å². The molecule has 0 N–H and O–H groups in total. The van der Waals surface area contributed by atoms with Gasteiger partial charge in [-0.15, -0.1) is 0 Å². The van der Waals surface area contributed by atoms with Crippen molar-refractivity contribution in [1.29, 1.82) is 0 Å². The maximum atomic E-state index is 13.0. The van der Waals surface area contributed by atoms with Gasteiger partial charge in [-0.05, 0) is 45.4 Å². The quantitative estimate of drug-likeness (QED) is 0.735. The predicted octanol–water partition coefficient (Wildman–Crippen LogP) is 4.45. The number of para-hydroxylation sites is 1. The van der Waals surface area contributed by atoms with E-state index in [2.05, 4.69) is 0 Å². The summed E-state index contributed by atoms with van der Waals surface area (Å²) in [6.07, 6.45) is 0.312. The van der Waals surface area contributed by atoms with Crippen molar-refractivity contribution in [3.8, 4) is 0 Å². The summed E-state index contributed by atoms with van der Waals surface area (Å²) < 4.78 is 12.5. The SMILES string of the molecule is CN(C(=O)C[C@H](B1OC(C)(C)C(C)(C)O1)c1ccccc1)c1ccccc1. The van der Waals surface area contributed by atoms with Crippen molar-refractivity contribution in [2.24, 2.45) is 0 Å². The number of hydrogen-bond acceptors (Lipinski definition) is 3. The molecule has 0 aromatic heterocycles. The molecule has 27 heavy (non-hydrogen) atoms. The Morgan fingerprint density at radius 1 is 0.926 bits per heavy atom. The Morgan fingerprint density at radius 3 is 1.93 bits per heavy atom. The first-order valence-electron chi connectivity index (χ1n) is 9.43. The molecule has 0 aliphatic carbocycles. The largest absolute Gasteiger partial charge is 0.466 e. The molecule has 142 valence electrons. The minimum absolute atomic E-state index is 0.0322. The zero-order valence-corrected chi connectivity index (χ0v) is 16.8. The van der Waals surface area contributed by atoms with Crippen LogP contribution in [0.3, 0.4) is 0 Å². The summed E-state index contributed by atoms with van der Waals surface area (Å²) >= 11 is 0. The molecule has 0 unspecified atom stereocenters. The molecule has 4 nitrogen and oxygen atoms in total. The van der Waals surface area contributed by atoms with Crippen LogP contribution in [0.25, 0.3) is 0 Å². The maximum Gasteiger partial charge on any atom is 0.466 e. The molecule has 2 aromatic rings. The highest BCUT2D eigenvalue weighted by Crippen LogP contribution is 2.41. The Bertz CT molecular complexity index is 761. The van der Waals surface area contributed by atoms with Crippen molar-refractivity contribution in [1.82, 2.24) is 0 Å². The van der Waals surface area contributed by atoms with E-state index in [-0.39, 0.29) is 11.7 Å². The number of hydrogen-bond donors (Lipinski definition) is 0. The van der Waals surface area contributed by atoms with Gasteiger partial charge in [0.15, 0.2) is 0 Å². The highest BCUT2D eigenvalue weighted by atomic mass is 16.7. The lowest BCUT2D eigenvalue weighted by atomic mass is 9.66. The van der Waals surface area contributed by atoms with Gasteiger partial charge in [-0.25, -0.2) is 0 Å². The van der Waals surface area contributed by atoms with E-state index in [1.54, 1.807) is 4.90 Å². The van der Waals surface area contributed by atoms with Gasteiger partial charge in [0.05, 0.1) is 11.2 Å². The van der Waals surface area contributed by atoms with E-state index in [0.29, 0.717) is 6.42 Å². The van der Waals surface area contributed by atoms with Crippen LogP contribution in [-0.4, -0.2) is 31.3 Å². The highest BCUT2D eigenvalue weighted by molar-refractivity contribution is 6.48. The van der Waals surface area contributed by atoms with E-state index in [1.807, 2.05) is 95.4 Å². The normalized spacial score (nSPS) is 18.9. The van der Waals surface area contributed by atoms with Gasteiger partial charge in [-0.2, -0.15) is 0 Å². The third-order valence-electron chi connectivity index (χ3n) is 5.74. The lowest BCUT2D eigenvalue weighted by Crippen LogP contribution is -2.41. The minimum Gasteiger partial charge on any atom is -0.403 e. The Kier molecular flexibility index (Phi) is 5.45. The zero-order valence-electron chi connectivity index (χ0n) is 16.8. The molecule has 1 heterocycles. The number of nitrogens with zero attached hydrogens (tertiary/aromatic N) is 1. The van der Waals surface area contributed by atoms with Crippen LogP contribution in [0.15, 0.2) is 60.7 Å². The first-order valence-corrected chi connectivity index (χ1v) is 9.43. The summed E-state index contributed by atoms with van der Waals surface area (Å²) in [6.45, 7) is 8.14. The van der Waals surface area contributed by atoms with E-state index >= 15 is 0 Å². The van der Waals surface area contributed by atoms with Gasteiger partial charge < -0.3 is 14.2 Å². The van der Waals surface area contributed by atoms with Gasteiger partial charge in [0, 0.05) is 25.0 Å². The molecule has 1 saturated heterocycles. The molecule has 1 amide bonds. The third kappa shape index (κ3) is 4.09. The van der Waals surface area contributed by atoms with Gasteiger partial charge in [-0.1, -0.05) is 48.5 Å². The fourth-order valence-electron chi connectivity index (χ4n) is 3.25. The van der Waals surface area contributed by atoms with Gasteiger partial charge in [-0.3, -0.25) is 4.79 Å². The Labute approximate surface area is 162 Å². The van der Waals surface area contributed by atoms with Gasteiger partial charge in [0.25, 0.3) is 0 Å². The van der Waals surface area contributed by atoms with Crippen molar-refractivity contribution in [3.63, 3.8) is 0 Å². The second kappa shape index (κ2) is 7.49. The summed E-state index contributed by atoms with van der Waals surface area (Å²) in [7, 11) is 1.34.